The summed E-state index contributed by atoms with van der Waals surface area (Å²) >= 11 is 5.83. The Labute approximate surface area is 173 Å². The van der Waals surface area contributed by atoms with E-state index in [1.165, 1.54) is 47.2 Å². The maximum Gasteiger partial charge on any atom is 0.202 e. The SMILES string of the molecule is Cc1ccc(N2C(=S)N=C(Nc3c(C)cccc3C)C23CCCCC3)c(C)c1. The number of para-hydroxylation sites is 1. The Kier molecular flexibility index (Phi) is 5.00. The van der Waals surface area contributed by atoms with Gasteiger partial charge in [0.05, 0.1) is 0 Å². The van der Waals surface area contributed by atoms with E-state index >= 15 is 0 Å². The van der Waals surface area contributed by atoms with E-state index in [-0.39, 0.29) is 5.54 Å². The number of aryl methyl sites for hydroxylation is 4. The van der Waals surface area contributed by atoms with E-state index in [1.54, 1.807) is 0 Å². The molecule has 1 aliphatic carbocycles. The van der Waals surface area contributed by atoms with Crippen molar-refractivity contribution in [1.29, 1.82) is 0 Å². The highest BCUT2D eigenvalue weighted by Crippen LogP contribution is 2.43. The van der Waals surface area contributed by atoms with Gasteiger partial charge >= 0.3 is 0 Å². The molecule has 0 atom stereocenters. The van der Waals surface area contributed by atoms with Crippen LogP contribution in [0.4, 0.5) is 11.4 Å². The summed E-state index contributed by atoms with van der Waals surface area (Å²) in [5.74, 6) is 1.02. The van der Waals surface area contributed by atoms with Gasteiger partial charge in [-0.15, -0.1) is 0 Å². The van der Waals surface area contributed by atoms with E-state index in [2.05, 4.69) is 74.3 Å². The molecule has 1 N–H and O–H groups in total. The van der Waals surface area contributed by atoms with Crippen LogP contribution in [0.1, 0.15) is 54.4 Å². The van der Waals surface area contributed by atoms with Crippen molar-refractivity contribution in [3.05, 3.63) is 58.7 Å². The molecule has 2 aliphatic rings. The van der Waals surface area contributed by atoms with Crippen LogP contribution >= 0.6 is 12.2 Å². The van der Waals surface area contributed by atoms with Crippen molar-refractivity contribution in [2.24, 2.45) is 4.99 Å². The first kappa shape index (κ1) is 19.1. The topological polar surface area (TPSA) is 27.6 Å². The summed E-state index contributed by atoms with van der Waals surface area (Å²) in [6.07, 6.45) is 5.86. The fraction of sp³-hybridized carbons (Fsp3) is 0.417. The van der Waals surface area contributed by atoms with Crippen molar-refractivity contribution < 1.29 is 0 Å². The second kappa shape index (κ2) is 7.32. The highest BCUT2D eigenvalue weighted by atomic mass is 32.1. The summed E-state index contributed by atoms with van der Waals surface area (Å²) in [6.45, 7) is 8.62. The van der Waals surface area contributed by atoms with Crippen LogP contribution in [0.2, 0.25) is 0 Å². The van der Waals surface area contributed by atoms with Crippen LogP contribution in [0.15, 0.2) is 41.4 Å². The van der Waals surface area contributed by atoms with Crippen LogP contribution in [0.3, 0.4) is 0 Å². The number of aliphatic imine (C=N–C) groups is 1. The van der Waals surface area contributed by atoms with Gasteiger partial charge in [0.1, 0.15) is 11.4 Å². The molecule has 3 nitrogen and oxygen atoms in total. The average Bonchev–Trinajstić information content (AvgIpc) is 2.90. The molecule has 1 aliphatic heterocycles. The zero-order valence-electron chi connectivity index (χ0n) is 17.3. The standard InChI is InChI=1S/C24H29N3S/c1-16-11-12-20(19(4)15-16)27-23(28)26-22(24(27)13-6-5-7-14-24)25-21-17(2)9-8-10-18(21)3/h8-12,15H,5-7,13-14H2,1-4H3,(H,25,26,28). The number of thiocarbonyl (C=S) groups is 1. The predicted molar refractivity (Wildman–Crippen MR) is 124 cm³/mol. The van der Waals surface area contributed by atoms with Crippen molar-refractivity contribution in [3.8, 4) is 0 Å². The number of amidine groups is 1. The molecule has 2 aromatic carbocycles. The second-order valence-electron chi connectivity index (χ2n) is 8.35. The Morgan fingerprint density at radius 2 is 1.61 bits per heavy atom. The van der Waals surface area contributed by atoms with Gasteiger partial charge in [0.15, 0.2) is 0 Å². The first-order valence-corrected chi connectivity index (χ1v) is 10.7. The smallest absolute Gasteiger partial charge is 0.202 e. The Bertz CT molecular complexity index is 934. The second-order valence-corrected chi connectivity index (χ2v) is 8.72. The Morgan fingerprint density at radius 3 is 2.25 bits per heavy atom. The maximum atomic E-state index is 5.83. The van der Waals surface area contributed by atoms with Crippen molar-refractivity contribution in [2.45, 2.75) is 65.3 Å². The van der Waals surface area contributed by atoms with E-state index in [9.17, 15) is 0 Å². The Balaban J connectivity index is 1.79. The zero-order chi connectivity index (χ0) is 19.9. The molecule has 0 radical (unpaired) electrons. The summed E-state index contributed by atoms with van der Waals surface area (Å²) in [5, 5.41) is 4.40. The molecule has 0 amide bonds. The quantitative estimate of drug-likeness (QED) is 0.614. The lowest BCUT2D eigenvalue weighted by atomic mass is 9.79. The molecule has 146 valence electrons. The number of hydrogen-bond acceptors (Lipinski definition) is 2. The van der Waals surface area contributed by atoms with Gasteiger partial charge < -0.3 is 10.2 Å². The van der Waals surface area contributed by atoms with Crippen LogP contribution in [0, 0.1) is 27.7 Å². The van der Waals surface area contributed by atoms with Crippen LogP contribution in [0.5, 0.6) is 0 Å². The van der Waals surface area contributed by atoms with E-state index < -0.39 is 0 Å². The minimum atomic E-state index is -0.163. The molecule has 4 rings (SSSR count). The third-order valence-electron chi connectivity index (χ3n) is 6.27. The van der Waals surface area contributed by atoms with E-state index in [1.807, 2.05) is 0 Å². The average molecular weight is 392 g/mol. The van der Waals surface area contributed by atoms with Gasteiger partial charge in [-0.05, 0) is 75.5 Å². The van der Waals surface area contributed by atoms with Gasteiger partial charge in [-0.25, -0.2) is 4.99 Å². The van der Waals surface area contributed by atoms with Crippen molar-refractivity contribution >= 4 is 34.5 Å². The molecule has 0 unspecified atom stereocenters. The zero-order valence-corrected chi connectivity index (χ0v) is 18.1. The maximum absolute atomic E-state index is 5.83. The number of nitrogens with one attached hydrogen (secondary N) is 1. The fourth-order valence-corrected chi connectivity index (χ4v) is 5.16. The van der Waals surface area contributed by atoms with Crippen molar-refractivity contribution in [1.82, 2.24) is 0 Å². The predicted octanol–water partition coefficient (Wildman–Crippen LogP) is 6.24. The fourth-order valence-electron chi connectivity index (χ4n) is 4.80. The Hall–Kier alpha value is -2.20. The van der Waals surface area contributed by atoms with E-state index in [0.29, 0.717) is 5.11 Å². The molecule has 1 heterocycles. The largest absolute Gasteiger partial charge is 0.341 e. The van der Waals surface area contributed by atoms with Crippen LogP contribution < -0.4 is 10.2 Å². The first-order chi connectivity index (χ1) is 13.4. The lowest BCUT2D eigenvalue weighted by Crippen LogP contribution is -2.55. The van der Waals surface area contributed by atoms with Gasteiger partial charge in [0, 0.05) is 11.4 Å². The minimum absolute atomic E-state index is 0.163. The first-order valence-electron chi connectivity index (χ1n) is 10.3. The van der Waals surface area contributed by atoms with Gasteiger partial charge in [-0.2, -0.15) is 0 Å². The third kappa shape index (κ3) is 3.14. The number of rotatable bonds is 2. The van der Waals surface area contributed by atoms with Crippen molar-refractivity contribution in [3.63, 3.8) is 0 Å². The molecule has 1 saturated carbocycles. The third-order valence-corrected chi connectivity index (χ3v) is 6.54. The lowest BCUT2D eigenvalue weighted by Gasteiger charge is -2.43. The van der Waals surface area contributed by atoms with E-state index in [0.717, 1.165) is 24.4 Å². The molecule has 0 aromatic heterocycles. The number of anilines is 2. The normalized spacial score (nSPS) is 18.5. The summed E-state index contributed by atoms with van der Waals surface area (Å²) in [5.41, 5.74) is 7.21. The molecule has 4 heteroatoms. The molecule has 1 fully saturated rings. The molecule has 0 bridgehead atoms. The number of nitrogens with zero attached hydrogens (tertiary/aromatic N) is 2. The highest BCUT2D eigenvalue weighted by Gasteiger charge is 2.49. The highest BCUT2D eigenvalue weighted by molar-refractivity contribution is 7.80. The molecular formula is C24H29N3S. The van der Waals surface area contributed by atoms with Crippen LogP contribution in [0.25, 0.3) is 0 Å². The van der Waals surface area contributed by atoms with Gasteiger partial charge in [-0.1, -0.05) is 55.2 Å². The van der Waals surface area contributed by atoms with Gasteiger partial charge in [-0.3, -0.25) is 0 Å². The molecule has 28 heavy (non-hydrogen) atoms. The lowest BCUT2D eigenvalue weighted by molar-refractivity contribution is 0.386. The minimum Gasteiger partial charge on any atom is -0.341 e. The summed E-state index contributed by atoms with van der Waals surface area (Å²) in [6, 6.07) is 13.0. The van der Waals surface area contributed by atoms with Gasteiger partial charge in [0.2, 0.25) is 5.11 Å². The monoisotopic (exact) mass is 391 g/mol. The molecular weight excluding hydrogens is 362 g/mol. The van der Waals surface area contributed by atoms with Crippen LogP contribution in [-0.2, 0) is 0 Å². The molecule has 1 spiro atoms. The summed E-state index contributed by atoms with van der Waals surface area (Å²) < 4.78 is 0. The Morgan fingerprint density at radius 1 is 0.929 bits per heavy atom. The summed E-state index contributed by atoms with van der Waals surface area (Å²) in [7, 11) is 0. The number of hydrogen-bond donors (Lipinski definition) is 1. The van der Waals surface area contributed by atoms with E-state index in [4.69, 9.17) is 17.2 Å². The number of benzene rings is 2. The summed E-state index contributed by atoms with van der Waals surface area (Å²) in [4.78, 5) is 7.27. The van der Waals surface area contributed by atoms with Crippen molar-refractivity contribution in [2.75, 3.05) is 10.2 Å². The molecule has 0 saturated heterocycles. The van der Waals surface area contributed by atoms with Gasteiger partial charge in [0.25, 0.3) is 0 Å². The molecule has 2 aromatic rings. The van der Waals surface area contributed by atoms with Crippen LogP contribution in [-0.4, -0.2) is 16.5 Å².